The van der Waals surface area contributed by atoms with Crippen LogP contribution < -0.4 is 11.1 Å². The van der Waals surface area contributed by atoms with Gasteiger partial charge in [0.2, 0.25) is 11.8 Å². The molecule has 1 aromatic carbocycles. The summed E-state index contributed by atoms with van der Waals surface area (Å²) in [6, 6.07) is 7.01. The Morgan fingerprint density at radius 1 is 1.31 bits per heavy atom. The summed E-state index contributed by atoms with van der Waals surface area (Å²) in [4.78, 5) is 28.4. The first-order valence-corrected chi connectivity index (χ1v) is 13.1. The fourth-order valence-electron chi connectivity index (χ4n) is 4.57. The Morgan fingerprint density at radius 2 is 2.08 bits per heavy atom. The maximum atomic E-state index is 15.9. The highest BCUT2D eigenvalue weighted by Gasteiger charge is 2.38. The van der Waals surface area contributed by atoms with Crippen LogP contribution in [0.2, 0.25) is 0 Å². The molecule has 3 N–H and O–H groups in total. The molecule has 0 radical (unpaired) electrons. The highest BCUT2D eigenvalue weighted by molar-refractivity contribution is 7.15. The summed E-state index contributed by atoms with van der Waals surface area (Å²) in [5.41, 5.74) is 5.18. The van der Waals surface area contributed by atoms with Crippen LogP contribution in [0.1, 0.15) is 62.4 Å². The number of benzene rings is 1. The van der Waals surface area contributed by atoms with Gasteiger partial charge in [-0.1, -0.05) is 43.0 Å². The van der Waals surface area contributed by atoms with Gasteiger partial charge in [-0.3, -0.25) is 9.59 Å². The molecule has 2 amide bonds. The predicted molar refractivity (Wildman–Crippen MR) is 135 cm³/mol. The number of hydrogen-bond donors (Lipinski definition) is 2. The van der Waals surface area contributed by atoms with Crippen LogP contribution >= 0.6 is 11.3 Å². The van der Waals surface area contributed by atoms with Gasteiger partial charge in [0, 0.05) is 19.0 Å². The molecule has 4 rings (SSSR count). The Morgan fingerprint density at radius 3 is 2.83 bits per heavy atom. The molecule has 1 fully saturated rings. The summed E-state index contributed by atoms with van der Waals surface area (Å²) in [7, 11) is 0. The Hall–Kier alpha value is -2.91. The van der Waals surface area contributed by atoms with Gasteiger partial charge in [-0.15, -0.1) is 11.3 Å². The number of primary amides is 1. The lowest BCUT2D eigenvalue weighted by atomic mass is 9.89. The summed E-state index contributed by atoms with van der Waals surface area (Å²) >= 11 is 1.16. The van der Waals surface area contributed by atoms with Crippen molar-refractivity contribution in [1.29, 1.82) is 0 Å². The highest BCUT2D eigenvalue weighted by atomic mass is 32.1. The molecule has 192 valence electrons. The van der Waals surface area contributed by atoms with Crippen LogP contribution in [0.15, 0.2) is 54.0 Å². The molecule has 0 aliphatic heterocycles. The number of amides is 2. The third-order valence-electron chi connectivity index (χ3n) is 6.50. The van der Waals surface area contributed by atoms with E-state index in [1.807, 2.05) is 24.3 Å². The number of hydrogen-bond acceptors (Lipinski definition) is 5. The van der Waals surface area contributed by atoms with E-state index >= 15 is 4.39 Å². The molecule has 9 heteroatoms. The molecule has 0 bridgehead atoms. The molecule has 1 saturated carbocycles. The second-order valence-corrected chi connectivity index (χ2v) is 10.6. The number of carbonyl (C=O) groups is 2. The van der Waals surface area contributed by atoms with Crippen LogP contribution in [-0.4, -0.2) is 28.9 Å². The van der Waals surface area contributed by atoms with Gasteiger partial charge in [0.1, 0.15) is 16.9 Å². The third kappa shape index (κ3) is 6.64. The van der Waals surface area contributed by atoms with Crippen LogP contribution in [0, 0.1) is 0 Å². The number of carbonyl (C=O) groups excluding carboxylic acids is 2. The van der Waals surface area contributed by atoms with Crippen molar-refractivity contribution in [3.8, 4) is 10.4 Å². The van der Waals surface area contributed by atoms with Gasteiger partial charge >= 0.3 is 0 Å². The number of ether oxygens (including phenoxy) is 1. The molecule has 2 aliphatic rings. The smallest absolute Gasteiger partial charge is 0.239 e. The van der Waals surface area contributed by atoms with Crippen molar-refractivity contribution < 1.29 is 23.1 Å². The number of nitrogens with zero attached hydrogens (tertiary/aromatic N) is 1. The van der Waals surface area contributed by atoms with Gasteiger partial charge in [0.25, 0.3) is 0 Å². The molecule has 36 heavy (non-hydrogen) atoms. The number of rotatable bonds is 9. The summed E-state index contributed by atoms with van der Waals surface area (Å²) in [5.74, 6) is -1.99. The molecular formula is C27H31F2N3O3S. The van der Waals surface area contributed by atoms with E-state index in [1.165, 1.54) is 26.2 Å². The lowest BCUT2D eigenvalue weighted by Gasteiger charge is -2.24. The van der Waals surface area contributed by atoms with Crippen LogP contribution in [0.4, 0.5) is 8.78 Å². The third-order valence-corrected chi connectivity index (χ3v) is 7.69. The standard InChI is InChI=1S/C27H31F2N3O3S/c1-17(25(30)34)32-24(33)12-19-11-21(28)14-27(29,13-19)26-31-15-23(36-26)20-7-5-6-18(10-20)16-35-22-8-3-2-4-9-22/h5-7,10-11,14-15,17,22H,2-4,8-9,12-13,16H2,1H3,(H2,30,34)(H,32,33)/t17-,27?/m0/s1. The van der Waals surface area contributed by atoms with E-state index in [0.29, 0.717) is 12.7 Å². The second-order valence-electron chi connectivity index (χ2n) is 9.54. The fourth-order valence-corrected chi connectivity index (χ4v) is 5.53. The minimum atomic E-state index is -2.17. The highest BCUT2D eigenvalue weighted by Crippen LogP contribution is 2.43. The summed E-state index contributed by atoms with van der Waals surface area (Å²) in [6.07, 6.45) is 9.39. The first-order chi connectivity index (χ1) is 17.2. The van der Waals surface area contributed by atoms with E-state index in [4.69, 9.17) is 10.5 Å². The van der Waals surface area contributed by atoms with Crippen LogP contribution in [0.3, 0.4) is 0 Å². The van der Waals surface area contributed by atoms with E-state index in [1.54, 1.807) is 6.20 Å². The monoisotopic (exact) mass is 515 g/mol. The van der Waals surface area contributed by atoms with Gasteiger partial charge in [-0.05, 0) is 49.1 Å². The van der Waals surface area contributed by atoms with E-state index in [9.17, 15) is 14.0 Å². The van der Waals surface area contributed by atoms with Gasteiger partial charge in [0.15, 0.2) is 5.67 Å². The van der Waals surface area contributed by atoms with Crippen LogP contribution in [-0.2, 0) is 26.6 Å². The quantitative estimate of drug-likeness (QED) is 0.468. The number of halogens is 2. The molecule has 1 aromatic heterocycles. The number of nitrogens with one attached hydrogen (secondary N) is 1. The Kier molecular flexibility index (Phi) is 8.31. The van der Waals surface area contributed by atoms with Crippen molar-refractivity contribution in [3.63, 3.8) is 0 Å². The average molecular weight is 516 g/mol. The molecule has 2 atom stereocenters. The van der Waals surface area contributed by atoms with E-state index in [-0.39, 0.29) is 23.4 Å². The summed E-state index contributed by atoms with van der Waals surface area (Å²) in [5, 5.41) is 2.55. The number of alkyl halides is 1. The maximum absolute atomic E-state index is 15.9. The Bertz CT molecular complexity index is 1170. The maximum Gasteiger partial charge on any atom is 0.239 e. The Labute approximate surface area is 213 Å². The van der Waals surface area contributed by atoms with Crippen LogP contribution in [0.5, 0.6) is 0 Å². The van der Waals surface area contributed by atoms with Gasteiger partial charge in [0.05, 0.1) is 17.6 Å². The largest absolute Gasteiger partial charge is 0.374 e. The molecule has 1 heterocycles. The van der Waals surface area contributed by atoms with Gasteiger partial charge in [-0.25, -0.2) is 13.8 Å². The SMILES string of the molecule is C[C@H](NC(=O)CC1=CC(F)=CC(F)(c2ncc(-c3cccc(COC4CCCCC4)c3)s2)C1)C(N)=O. The van der Waals surface area contributed by atoms with Crippen molar-refractivity contribution in [2.45, 2.75) is 76.3 Å². The summed E-state index contributed by atoms with van der Waals surface area (Å²) < 4.78 is 36.4. The fraction of sp³-hybridized carbons (Fsp3) is 0.444. The Balaban J connectivity index is 1.43. The minimum Gasteiger partial charge on any atom is -0.374 e. The summed E-state index contributed by atoms with van der Waals surface area (Å²) in [6.45, 7) is 1.97. The van der Waals surface area contributed by atoms with E-state index in [0.717, 1.165) is 52.3 Å². The predicted octanol–water partition coefficient (Wildman–Crippen LogP) is 5.39. The van der Waals surface area contributed by atoms with Crippen molar-refractivity contribution in [2.75, 3.05) is 0 Å². The number of thiazole rings is 1. The average Bonchev–Trinajstić information content (AvgIpc) is 3.34. The zero-order valence-electron chi connectivity index (χ0n) is 20.3. The second kappa shape index (κ2) is 11.4. The molecule has 6 nitrogen and oxygen atoms in total. The number of allylic oxidation sites excluding steroid dienone is 3. The minimum absolute atomic E-state index is 0.119. The van der Waals surface area contributed by atoms with Crippen molar-refractivity contribution >= 4 is 23.2 Å². The molecule has 2 aromatic rings. The van der Waals surface area contributed by atoms with Crippen molar-refractivity contribution in [2.24, 2.45) is 5.73 Å². The van der Waals surface area contributed by atoms with E-state index in [2.05, 4.69) is 10.3 Å². The topological polar surface area (TPSA) is 94.3 Å². The molecular weight excluding hydrogens is 484 g/mol. The molecule has 2 aliphatic carbocycles. The molecule has 0 spiro atoms. The zero-order chi connectivity index (χ0) is 25.7. The normalized spacial score (nSPS) is 21.4. The number of nitrogens with two attached hydrogens (primary N) is 1. The van der Waals surface area contributed by atoms with Crippen molar-refractivity contribution in [1.82, 2.24) is 10.3 Å². The number of aromatic nitrogens is 1. The van der Waals surface area contributed by atoms with Gasteiger partial charge < -0.3 is 15.8 Å². The van der Waals surface area contributed by atoms with Crippen LogP contribution in [0.25, 0.3) is 10.4 Å². The van der Waals surface area contributed by atoms with E-state index < -0.39 is 29.4 Å². The molecule has 1 unspecified atom stereocenters. The molecule has 0 saturated heterocycles. The lowest BCUT2D eigenvalue weighted by Crippen LogP contribution is -2.42. The van der Waals surface area contributed by atoms with Crippen molar-refractivity contribution in [3.05, 3.63) is 64.6 Å². The van der Waals surface area contributed by atoms with Gasteiger partial charge in [-0.2, -0.15) is 0 Å². The lowest BCUT2D eigenvalue weighted by molar-refractivity contribution is -0.126. The first-order valence-electron chi connectivity index (χ1n) is 12.2. The first kappa shape index (κ1) is 26.2. The zero-order valence-corrected chi connectivity index (χ0v) is 21.1.